The van der Waals surface area contributed by atoms with E-state index in [4.69, 9.17) is 17.3 Å². The lowest BCUT2D eigenvalue weighted by Gasteiger charge is -2.13. The first-order valence-electron chi connectivity index (χ1n) is 5.65. The lowest BCUT2D eigenvalue weighted by atomic mass is 10.2. The predicted octanol–water partition coefficient (Wildman–Crippen LogP) is 1.85. The van der Waals surface area contributed by atoms with E-state index in [2.05, 4.69) is 4.98 Å². The van der Waals surface area contributed by atoms with Crippen molar-refractivity contribution in [2.75, 3.05) is 11.6 Å². The molecule has 0 fully saturated rings. The molecular formula is C11H12ClF3N2O3S. The van der Waals surface area contributed by atoms with Gasteiger partial charge in [-0.1, -0.05) is 6.92 Å². The van der Waals surface area contributed by atoms with Crippen LogP contribution in [0.5, 0.6) is 0 Å². The summed E-state index contributed by atoms with van der Waals surface area (Å²) in [4.78, 5) is 14.3. The third-order valence-corrected chi connectivity index (χ3v) is 4.91. The number of primary amides is 1. The number of nitrogens with zero attached hydrogens (tertiary/aromatic N) is 1. The topological polar surface area (TPSA) is 90.1 Å². The van der Waals surface area contributed by atoms with Crippen LogP contribution in [0.15, 0.2) is 17.2 Å². The molecule has 1 rings (SSSR count). The maximum Gasteiger partial charge on any atom is 0.433 e. The van der Waals surface area contributed by atoms with Crippen LogP contribution in [0, 0.1) is 5.92 Å². The number of hydrogen-bond acceptors (Lipinski definition) is 4. The largest absolute Gasteiger partial charge is 0.433 e. The Morgan fingerprint density at radius 3 is 2.43 bits per heavy atom. The Balaban J connectivity index is 3.47. The summed E-state index contributed by atoms with van der Waals surface area (Å²) in [6.07, 6.45) is -4.83. The van der Waals surface area contributed by atoms with Crippen LogP contribution in [0.1, 0.15) is 23.0 Å². The minimum absolute atomic E-state index is 0.00983. The number of carbonyl (C=O) groups is 1. The molecule has 0 aliphatic carbocycles. The molecule has 0 saturated heterocycles. The third kappa shape index (κ3) is 4.31. The fourth-order valence-corrected chi connectivity index (χ4v) is 3.53. The van der Waals surface area contributed by atoms with Crippen LogP contribution >= 0.6 is 11.6 Å². The van der Waals surface area contributed by atoms with E-state index in [-0.39, 0.29) is 5.88 Å². The molecule has 118 valence electrons. The van der Waals surface area contributed by atoms with Gasteiger partial charge in [-0.15, -0.1) is 11.6 Å². The van der Waals surface area contributed by atoms with Crippen LogP contribution < -0.4 is 5.73 Å². The van der Waals surface area contributed by atoms with Gasteiger partial charge >= 0.3 is 6.18 Å². The zero-order valence-electron chi connectivity index (χ0n) is 10.8. The number of hydrogen-bond donors (Lipinski definition) is 1. The van der Waals surface area contributed by atoms with Crippen LogP contribution in [0.25, 0.3) is 0 Å². The minimum atomic E-state index is -4.83. The van der Waals surface area contributed by atoms with E-state index in [1.165, 1.54) is 6.92 Å². The molecule has 1 aromatic heterocycles. The molecule has 0 aliphatic rings. The Labute approximate surface area is 124 Å². The summed E-state index contributed by atoms with van der Waals surface area (Å²) < 4.78 is 62.1. The van der Waals surface area contributed by atoms with Crippen molar-refractivity contribution in [3.63, 3.8) is 0 Å². The van der Waals surface area contributed by atoms with E-state index >= 15 is 0 Å². The summed E-state index contributed by atoms with van der Waals surface area (Å²) in [5.74, 6) is -2.24. The number of carbonyl (C=O) groups excluding carboxylic acids is 1. The smallest absolute Gasteiger partial charge is 0.366 e. The number of rotatable bonds is 5. The van der Waals surface area contributed by atoms with E-state index in [1.54, 1.807) is 0 Å². The summed E-state index contributed by atoms with van der Waals surface area (Å²) in [5.41, 5.74) is 2.99. The average Bonchev–Trinajstić information content (AvgIpc) is 2.36. The molecule has 1 heterocycles. The van der Waals surface area contributed by atoms with Gasteiger partial charge in [0.2, 0.25) is 0 Å². The first-order valence-corrected chi connectivity index (χ1v) is 7.84. The van der Waals surface area contributed by atoms with Crippen LogP contribution in [-0.2, 0) is 16.0 Å². The van der Waals surface area contributed by atoms with Gasteiger partial charge in [-0.2, -0.15) is 13.2 Å². The van der Waals surface area contributed by atoms with Gasteiger partial charge in [0.1, 0.15) is 5.69 Å². The molecule has 0 aromatic carbocycles. The molecule has 1 atom stereocenters. The zero-order chi connectivity index (χ0) is 16.4. The van der Waals surface area contributed by atoms with Crippen molar-refractivity contribution in [1.29, 1.82) is 0 Å². The number of halogens is 4. The molecule has 1 amide bonds. The van der Waals surface area contributed by atoms with E-state index in [1.807, 2.05) is 0 Å². The highest BCUT2D eigenvalue weighted by molar-refractivity contribution is 7.91. The predicted molar refractivity (Wildman–Crippen MR) is 69.7 cm³/mol. The van der Waals surface area contributed by atoms with Crippen molar-refractivity contribution in [2.45, 2.75) is 18.1 Å². The number of aromatic nitrogens is 1. The van der Waals surface area contributed by atoms with Crippen molar-refractivity contribution in [3.05, 3.63) is 23.4 Å². The van der Waals surface area contributed by atoms with E-state index in [0.717, 1.165) is 0 Å². The molecule has 2 N–H and O–H groups in total. The van der Waals surface area contributed by atoms with Gasteiger partial charge in [-0.05, 0) is 18.1 Å². The second-order valence-corrected chi connectivity index (χ2v) is 6.71. The van der Waals surface area contributed by atoms with Gasteiger partial charge < -0.3 is 5.73 Å². The molecule has 21 heavy (non-hydrogen) atoms. The second-order valence-electron chi connectivity index (χ2n) is 4.45. The molecule has 1 unspecified atom stereocenters. The number of nitrogens with two attached hydrogens (primary N) is 1. The first-order chi connectivity index (χ1) is 9.49. The lowest BCUT2D eigenvalue weighted by Crippen LogP contribution is -2.24. The van der Waals surface area contributed by atoms with Crippen molar-refractivity contribution in [3.8, 4) is 0 Å². The Morgan fingerprint density at radius 1 is 1.43 bits per heavy atom. The number of amides is 1. The summed E-state index contributed by atoms with van der Waals surface area (Å²) >= 11 is 5.50. The molecular weight excluding hydrogens is 333 g/mol. The van der Waals surface area contributed by atoms with Gasteiger partial charge in [0.25, 0.3) is 5.91 Å². The summed E-state index contributed by atoms with van der Waals surface area (Å²) in [6, 6.07) is 1.21. The van der Waals surface area contributed by atoms with Crippen LogP contribution in [0.4, 0.5) is 13.2 Å². The highest BCUT2D eigenvalue weighted by Gasteiger charge is 2.35. The quantitative estimate of drug-likeness (QED) is 0.825. The zero-order valence-corrected chi connectivity index (χ0v) is 12.4. The number of sulfone groups is 1. The molecule has 0 saturated carbocycles. The average molecular weight is 345 g/mol. The Hall–Kier alpha value is -1.35. The maximum atomic E-state index is 12.6. The van der Waals surface area contributed by atoms with E-state index in [0.29, 0.717) is 12.1 Å². The van der Waals surface area contributed by atoms with E-state index < -0.39 is 49.9 Å². The second kappa shape index (κ2) is 6.18. The third-order valence-electron chi connectivity index (χ3n) is 2.48. The SMILES string of the molecule is CC(CCl)CS(=O)(=O)c1nc(C(F)(F)F)ccc1C(N)=O. The van der Waals surface area contributed by atoms with Crippen molar-refractivity contribution in [2.24, 2.45) is 11.7 Å². The highest BCUT2D eigenvalue weighted by atomic mass is 35.5. The fraction of sp³-hybridized carbons (Fsp3) is 0.455. The summed E-state index contributed by atoms with van der Waals surface area (Å²) in [6.45, 7) is 1.50. The normalized spacial score (nSPS) is 14.0. The molecule has 0 radical (unpaired) electrons. The fourth-order valence-electron chi connectivity index (χ4n) is 1.52. The van der Waals surface area contributed by atoms with Crippen molar-refractivity contribution in [1.82, 2.24) is 4.98 Å². The van der Waals surface area contributed by atoms with E-state index in [9.17, 15) is 26.4 Å². The summed E-state index contributed by atoms with van der Waals surface area (Å²) in [5, 5.41) is -0.971. The van der Waals surface area contributed by atoms with Gasteiger partial charge in [-0.25, -0.2) is 13.4 Å². The molecule has 0 spiro atoms. The Morgan fingerprint density at radius 2 is 2.00 bits per heavy atom. The minimum Gasteiger partial charge on any atom is -0.366 e. The lowest BCUT2D eigenvalue weighted by molar-refractivity contribution is -0.141. The van der Waals surface area contributed by atoms with Crippen LogP contribution in [0.3, 0.4) is 0 Å². The summed E-state index contributed by atoms with van der Waals surface area (Å²) in [7, 11) is -4.23. The highest BCUT2D eigenvalue weighted by Crippen LogP contribution is 2.29. The number of alkyl halides is 4. The molecule has 0 bridgehead atoms. The van der Waals surface area contributed by atoms with Gasteiger partial charge in [-0.3, -0.25) is 4.79 Å². The van der Waals surface area contributed by atoms with Gasteiger partial charge in [0.15, 0.2) is 14.9 Å². The van der Waals surface area contributed by atoms with Crippen molar-refractivity contribution >= 4 is 27.3 Å². The molecule has 0 aliphatic heterocycles. The molecule has 5 nitrogen and oxygen atoms in total. The van der Waals surface area contributed by atoms with Gasteiger partial charge in [0.05, 0.1) is 11.3 Å². The van der Waals surface area contributed by atoms with Crippen molar-refractivity contribution < 1.29 is 26.4 Å². The molecule has 10 heteroatoms. The van der Waals surface area contributed by atoms with Gasteiger partial charge in [0, 0.05) is 5.88 Å². The Bertz CT molecular complexity index is 647. The van der Waals surface area contributed by atoms with Crippen LogP contribution in [-0.4, -0.2) is 30.9 Å². The standard InChI is InChI=1S/C11H12ClF3N2O3S/c1-6(4-12)5-21(19,20)10-7(9(16)18)2-3-8(17-10)11(13,14)15/h2-3,6H,4-5H2,1H3,(H2,16,18). The maximum absolute atomic E-state index is 12.6. The first kappa shape index (κ1) is 17.7. The molecule has 1 aromatic rings. The monoisotopic (exact) mass is 344 g/mol. The van der Waals surface area contributed by atoms with Crippen LogP contribution in [0.2, 0.25) is 0 Å². The Kier molecular flexibility index (Phi) is 5.21. The number of pyridine rings is 1.